The van der Waals surface area contributed by atoms with Crippen LogP contribution in [0.4, 0.5) is 5.69 Å². The molecule has 2 unspecified atom stereocenters. The number of amides is 1. The summed E-state index contributed by atoms with van der Waals surface area (Å²) in [4.78, 5) is 14.3. The molecule has 0 saturated carbocycles. The second kappa shape index (κ2) is 6.20. The number of carbonyl (C=O) groups excluding carboxylic acids is 1. The summed E-state index contributed by atoms with van der Waals surface area (Å²) < 4.78 is 0. The number of hydrogen-bond donors (Lipinski definition) is 1. The third-order valence-corrected chi connectivity index (χ3v) is 4.14. The number of nitrogens with zero attached hydrogens (tertiary/aromatic N) is 1. The summed E-state index contributed by atoms with van der Waals surface area (Å²) in [5, 5.41) is 3.35. The van der Waals surface area contributed by atoms with Gasteiger partial charge < -0.3 is 10.2 Å². The van der Waals surface area contributed by atoms with Gasteiger partial charge in [0.25, 0.3) is 0 Å². The van der Waals surface area contributed by atoms with Crippen molar-refractivity contribution < 1.29 is 4.79 Å². The van der Waals surface area contributed by atoms with Crippen molar-refractivity contribution in [1.82, 2.24) is 5.32 Å². The van der Waals surface area contributed by atoms with Crippen LogP contribution in [-0.2, 0) is 4.79 Å². The fourth-order valence-corrected chi connectivity index (χ4v) is 2.68. The minimum atomic E-state index is -0.0231. The van der Waals surface area contributed by atoms with Crippen molar-refractivity contribution in [1.29, 1.82) is 0 Å². The summed E-state index contributed by atoms with van der Waals surface area (Å²) in [7, 11) is 1.87. The molecular weight excluding hydrogens is 236 g/mol. The van der Waals surface area contributed by atoms with Crippen LogP contribution in [0, 0.1) is 12.8 Å². The van der Waals surface area contributed by atoms with Gasteiger partial charge in [-0.3, -0.25) is 4.79 Å². The van der Waals surface area contributed by atoms with Gasteiger partial charge in [-0.1, -0.05) is 31.0 Å². The van der Waals surface area contributed by atoms with Gasteiger partial charge in [0, 0.05) is 12.7 Å². The Morgan fingerprint density at radius 2 is 2.05 bits per heavy atom. The van der Waals surface area contributed by atoms with E-state index in [4.69, 9.17) is 0 Å². The van der Waals surface area contributed by atoms with Gasteiger partial charge in [-0.05, 0) is 44.4 Å². The summed E-state index contributed by atoms with van der Waals surface area (Å²) in [5.74, 6) is 0.864. The third kappa shape index (κ3) is 3.35. The average molecular weight is 260 g/mol. The van der Waals surface area contributed by atoms with E-state index in [9.17, 15) is 4.79 Å². The molecule has 2 atom stereocenters. The van der Waals surface area contributed by atoms with Crippen LogP contribution in [0.1, 0.15) is 31.7 Å². The largest absolute Gasteiger partial charge is 0.314 e. The fourth-order valence-electron chi connectivity index (χ4n) is 2.68. The molecule has 1 amide bonds. The molecule has 1 fully saturated rings. The molecule has 0 bridgehead atoms. The number of aryl methyl sites for hydroxylation is 1. The first-order chi connectivity index (χ1) is 9.11. The van der Waals surface area contributed by atoms with E-state index < -0.39 is 0 Å². The van der Waals surface area contributed by atoms with Crippen LogP contribution < -0.4 is 10.2 Å². The van der Waals surface area contributed by atoms with Crippen LogP contribution in [-0.4, -0.2) is 25.5 Å². The highest BCUT2D eigenvalue weighted by molar-refractivity contribution is 5.96. The maximum Gasteiger partial charge on any atom is 0.243 e. The second-order valence-corrected chi connectivity index (χ2v) is 5.54. The van der Waals surface area contributed by atoms with Crippen molar-refractivity contribution in [2.45, 2.75) is 39.2 Å². The zero-order chi connectivity index (χ0) is 13.8. The smallest absolute Gasteiger partial charge is 0.243 e. The highest BCUT2D eigenvalue weighted by Gasteiger charge is 2.28. The highest BCUT2D eigenvalue weighted by atomic mass is 16.2. The SMILES string of the molecule is CCC1CCNC(C(=O)N(C)c2ccc(C)cc2)C1. The van der Waals surface area contributed by atoms with Gasteiger partial charge in [-0.15, -0.1) is 0 Å². The van der Waals surface area contributed by atoms with Crippen molar-refractivity contribution in [2.75, 3.05) is 18.5 Å². The number of piperidine rings is 1. The minimum absolute atomic E-state index is 0.0231. The highest BCUT2D eigenvalue weighted by Crippen LogP contribution is 2.22. The molecule has 104 valence electrons. The molecule has 3 heteroatoms. The van der Waals surface area contributed by atoms with Gasteiger partial charge in [0.05, 0.1) is 6.04 Å². The molecule has 0 radical (unpaired) electrons. The van der Waals surface area contributed by atoms with Gasteiger partial charge in [-0.25, -0.2) is 0 Å². The quantitative estimate of drug-likeness (QED) is 0.906. The normalized spacial score (nSPS) is 23.1. The molecule has 1 N–H and O–H groups in total. The number of nitrogens with one attached hydrogen (secondary N) is 1. The molecule has 1 aliphatic rings. The van der Waals surface area contributed by atoms with E-state index in [1.165, 1.54) is 18.4 Å². The van der Waals surface area contributed by atoms with Gasteiger partial charge in [-0.2, -0.15) is 0 Å². The van der Waals surface area contributed by atoms with E-state index in [1.54, 1.807) is 4.90 Å². The Morgan fingerprint density at radius 1 is 1.37 bits per heavy atom. The second-order valence-electron chi connectivity index (χ2n) is 5.54. The van der Waals surface area contributed by atoms with Crippen molar-refractivity contribution in [3.05, 3.63) is 29.8 Å². The Morgan fingerprint density at radius 3 is 2.68 bits per heavy atom. The lowest BCUT2D eigenvalue weighted by Gasteiger charge is -2.31. The summed E-state index contributed by atoms with van der Waals surface area (Å²) in [5.41, 5.74) is 2.18. The Kier molecular flexibility index (Phi) is 4.59. The molecule has 1 saturated heterocycles. The van der Waals surface area contributed by atoms with E-state index in [0.29, 0.717) is 5.92 Å². The first-order valence-corrected chi connectivity index (χ1v) is 7.19. The van der Waals surface area contributed by atoms with E-state index >= 15 is 0 Å². The zero-order valence-corrected chi connectivity index (χ0v) is 12.1. The number of likely N-dealkylation sites (N-methyl/N-ethyl adjacent to an activating group) is 1. The molecule has 2 rings (SSSR count). The number of benzene rings is 1. The number of hydrogen-bond acceptors (Lipinski definition) is 2. The molecule has 1 aromatic carbocycles. The molecule has 0 aromatic heterocycles. The van der Waals surface area contributed by atoms with Gasteiger partial charge in [0.15, 0.2) is 0 Å². The van der Waals surface area contributed by atoms with Crippen LogP contribution in [0.25, 0.3) is 0 Å². The molecular formula is C16H24N2O. The standard InChI is InChI=1S/C16H24N2O/c1-4-13-9-10-17-15(11-13)16(19)18(3)14-7-5-12(2)6-8-14/h5-8,13,15,17H,4,9-11H2,1-3H3. The molecule has 0 aliphatic carbocycles. The lowest BCUT2D eigenvalue weighted by atomic mass is 9.90. The minimum Gasteiger partial charge on any atom is -0.314 e. The first-order valence-electron chi connectivity index (χ1n) is 7.19. The van der Waals surface area contributed by atoms with Crippen molar-refractivity contribution in [3.8, 4) is 0 Å². The van der Waals surface area contributed by atoms with Crippen molar-refractivity contribution in [3.63, 3.8) is 0 Å². The summed E-state index contributed by atoms with van der Waals surface area (Å²) in [6.45, 7) is 5.22. The number of carbonyl (C=O) groups is 1. The lowest BCUT2D eigenvalue weighted by Crippen LogP contribution is -2.49. The van der Waals surface area contributed by atoms with Crippen LogP contribution in [0.3, 0.4) is 0 Å². The molecule has 3 nitrogen and oxygen atoms in total. The van der Waals surface area contributed by atoms with E-state index in [1.807, 2.05) is 31.3 Å². The van der Waals surface area contributed by atoms with Crippen molar-refractivity contribution in [2.24, 2.45) is 5.92 Å². The predicted molar refractivity (Wildman–Crippen MR) is 79.4 cm³/mol. The van der Waals surface area contributed by atoms with Crippen molar-refractivity contribution >= 4 is 11.6 Å². The zero-order valence-electron chi connectivity index (χ0n) is 12.1. The van der Waals surface area contributed by atoms with E-state index in [2.05, 4.69) is 19.2 Å². The topological polar surface area (TPSA) is 32.3 Å². The summed E-state index contributed by atoms with van der Waals surface area (Å²) >= 11 is 0. The molecule has 19 heavy (non-hydrogen) atoms. The fraction of sp³-hybridized carbons (Fsp3) is 0.562. The van der Waals surface area contributed by atoms with E-state index in [0.717, 1.165) is 18.7 Å². The first kappa shape index (κ1) is 14.1. The molecule has 1 heterocycles. The maximum absolute atomic E-state index is 12.5. The van der Waals surface area contributed by atoms with Crippen LogP contribution in [0.15, 0.2) is 24.3 Å². The van der Waals surface area contributed by atoms with Gasteiger partial charge in [0.2, 0.25) is 5.91 Å². The average Bonchev–Trinajstić information content (AvgIpc) is 2.46. The number of anilines is 1. The third-order valence-electron chi connectivity index (χ3n) is 4.14. The van der Waals surface area contributed by atoms with Gasteiger partial charge in [0.1, 0.15) is 0 Å². The lowest BCUT2D eigenvalue weighted by molar-refractivity contribution is -0.121. The van der Waals surface area contributed by atoms with Crippen LogP contribution in [0.2, 0.25) is 0 Å². The Labute approximate surface area is 116 Å². The summed E-state index contributed by atoms with van der Waals surface area (Å²) in [6.07, 6.45) is 3.32. The van der Waals surface area contributed by atoms with Crippen LogP contribution >= 0.6 is 0 Å². The molecule has 1 aromatic rings. The Bertz CT molecular complexity index is 427. The van der Waals surface area contributed by atoms with Crippen LogP contribution in [0.5, 0.6) is 0 Å². The molecule has 1 aliphatic heterocycles. The Balaban J connectivity index is 2.04. The Hall–Kier alpha value is -1.35. The maximum atomic E-state index is 12.5. The van der Waals surface area contributed by atoms with E-state index in [-0.39, 0.29) is 11.9 Å². The van der Waals surface area contributed by atoms with Gasteiger partial charge >= 0.3 is 0 Å². The number of rotatable bonds is 3. The predicted octanol–water partition coefficient (Wildman–Crippen LogP) is 2.74. The molecule has 0 spiro atoms. The monoisotopic (exact) mass is 260 g/mol. The summed E-state index contributed by atoms with van der Waals surface area (Å²) in [6, 6.07) is 8.08.